The van der Waals surface area contributed by atoms with Gasteiger partial charge in [0.15, 0.2) is 6.10 Å². The number of hydrogen-bond acceptors (Lipinski definition) is 10. The molecule has 0 aliphatic carbocycles. The van der Waals surface area contributed by atoms with Crippen molar-refractivity contribution in [3.05, 3.63) is 20.2 Å². The molecular weight excluding hydrogens is 298 g/mol. The van der Waals surface area contributed by atoms with Gasteiger partial charge in [-0.05, 0) is 6.42 Å². The molecular formula is C8H13N3O10. The van der Waals surface area contributed by atoms with E-state index in [9.17, 15) is 29.8 Å². The van der Waals surface area contributed by atoms with Crippen LogP contribution in [-0.4, -0.2) is 52.6 Å². The number of ether oxygens (including phenoxy) is 1. The monoisotopic (exact) mass is 311 g/mol. The van der Waals surface area contributed by atoms with Crippen molar-refractivity contribution in [2.75, 3.05) is 13.2 Å². The van der Waals surface area contributed by atoms with Gasteiger partial charge in [-0.15, -0.1) is 20.2 Å². The maximum absolute atomic E-state index is 11.2. The standard InChI is InChI=1S/C8H13N3O10/c9-6(8(13)14)1-2-7(12)19-3-5(21-11(17)18)4-20-10(15)16/h5-6H,1-4,9H2,(H,13,14)/t5?,6-/m0/s1. The van der Waals surface area contributed by atoms with Crippen LogP contribution in [0.15, 0.2) is 0 Å². The van der Waals surface area contributed by atoms with E-state index in [4.69, 9.17) is 10.8 Å². The molecule has 21 heavy (non-hydrogen) atoms. The number of esters is 1. The van der Waals surface area contributed by atoms with E-state index >= 15 is 0 Å². The summed E-state index contributed by atoms with van der Waals surface area (Å²) < 4.78 is 4.55. The molecule has 0 aliphatic rings. The summed E-state index contributed by atoms with van der Waals surface area (Å²) in [7, 11) is 0. The van der Waals surface area contributed by atoms with E-state index < -0.39 is 47.5 Å². The lowest BCUT2D eigenvalue weighted by Gasteiger charge is -2.14. The van der Waals surface area contributed by atoms with Gasteiger partial charge in [0.2, 0.25) is 0 Å². The van der Waals surface area contributed by atoms with Gasteiger partial charge in [-0.1, -0.05) is 0 Å². The number of carboxylic acids is 1. The van der Waals surface area contributed by atoms with Gasteiger partial charge < -0.3 is 25.3 Å². The number of carbonyl (C=O) groups excluding carboxylic acids is 1. The first-order chi connectivity index (χ1) is 9.72. The zero-order valence-electron chi connectivity index (χ0n) is 10.6. The Morgan fingerprint density at radius 3 is 2.29 bits per heavy atom. The summed E-state index contributed by atoms with van der Waals surface area (Å²) >= 11 is 0. The molecule has 2 atom stereocenters. The SMILES string of the molecule is N[C@@H](CCC(=O)OCC(CO[N+](=O)[O-])O[N+](=O)[O-])C(=O)O. The van der Waals surface area contributed by atoms with E-state index in [-0.39, 0.29) is 12.8 Å². The number of rotatable bonds is 11. The first kappa shape index (κ1) is 18.3. The number of hydrogen-bond donors (Lipinski definition) is 2. The highest BCUT2D eigenvalue weighted by molar-refractivity contribution is 5.75. The Bertz CT molecular complexity index is 400. The van der Waals surface area contributed by atoms with Gasteiger partial charge in [-0.2, -0.15) is 0 Å². The summed E-state index contributed by atoms with van der Waals surface area (Å²) in [5.74, 6) is -2.18. The van der Waals surface area contributed by atoms with E-state index in [0.717, 1.165) is 0 Å². The minimum atomic E-state index is -1.48. The predicted molar refractivity (Wildman–Crippen MR) is 60.6 cm³/mol. The zero-order chi connectivity index (χ0) is 16.4. The molecule has 0 saturated heterocycles. The van der Waals surface area contributed by atoms with E-state index in [1.807, 2.05) is 0 Å². The Hall–Kier alpha value is -2.70. The number of nitrogens with two attached hydrogens (primary N) is 1. The molecule has 0 aromatic carbocycles. The fourth-order valence-corrected chi connectivity index (χ4v) is 1.03. The van der Waals surface area contributed by atoms with Crippen molar-refractivity contribution in [1.29, 1.82) is 0 Å². The van der Waals surface area contributed by atoms with Crippen LogP contribution in [-0.2, 0) is 24.0 Å². The summed E-state index contributed by atoms with van der Waals surface area (Å²) in [5.41, 5.74) is 5.15. The first-order valence-corrected chi connectivity index (χ1v) is 5.44. The molecule has 0 heterocycles. The molecule has 0 bridgehead atoms. The number of aliphatic carboxylic acids is 1. The summed E-state index contributed by atoms with van der Waals surface area (Å²) in [6.07, 6.45) is -2.02. The summed E-state index contributed by atoms with van der Waals surface area (Å²) in [5, 5.41) is 26.1. The van der Waals surface area contributed by atoms with E-state index in [2.05, 4.69) is 14.4 Å². The molecule has 13 nitrogen and oxygen atoms in total. The zero-order valence-corrected chi connectivity index (χ0v) is 10.6. The van der Waals surface area contributed by atoms with Crippen LogP contribution in [0, 0.1) is 20.2 Å². The van der Waals surface area contributed by atoms with Crippen LogP contribution >= 0.6 is 0 Å². The smallest absolute Gasteiger partial charge is 0.320 e. The van der Waals surface area contributed by atoms with Crippen LogP contribution < -0.4 is 5.73 Å². The molecule has 0 aromatic heterocycles. The topological polar surface area (TPSA) is 194 Å². The largest absolute Gasteiger partial charge is 0.480 e. The third kappa shape index (κ3) is 9.83. The van der Waals surface area contributed by atoms with Crippen molar-refractivity contribution in [2.45, 2.75) is 25.0 Å². The molecule has 0 fully saturated rings. The Morgan fingerprint density at radius 1 is 1.19 bits per heavy atom. The van der Waals surface area contributed by atoms with Crippen LogP contribution in [0.5, 0.6) is 0 Å². The molecule has 0 amide bonds. The Balaban J connectivity index is 4.14. The molecule has 1 unspecified atom stereocenters. The molecule has 120 valence electrons. The second-order valence-corrected chi connectivity index (χ2v) is 3.64. The molecule has 0 radical (unpaired) electrons. The molecule has 0 spiro atoms. The quantitative estimate of drug-likeness (QED) is 0.256. The summed E-state index contributed by atoms with van der Waals surface area (Å²) in [4.78, 5) is 49.6. The summed E-state index contributed by atoms with van der Waals surface area (Å²) in [6.45, 7) is -1.48. The van der Waals surface area contributed by atoms with Crippen molar-refractivity contribution >= 4 is 11.9 Å². The molecule has 13 heteroatoms. The third-order valence-electron chi connectivity index (χ3n) is 2.01. The molecule has 0 saturated carbocycles. The van der Waals surface area contributed by atoms with Crippen molar-refractivity contribution in [2.24, 2.45) is 5.73 Å². The van der Waals surface area contributed by atoms with Crippen molar-refractivity contribution in [3.8, 4) is 0 Å². The summed E-state index contributed by atoms with van der Waals surface area (Å²) in [6, 6.07) is -1.25. The van der Waals surface area contributed by atoms with E-state index in [1.54, 1.807) is 0 Å². The van der Waals surface area contributed by atoms with Gasteiger partial charge in [0, 0.05) is 6.42 Å². The average Bonchev–Trinajstić information content (AvgIpc) is 2.38. The van der Waals surface area contributed by atoms with Crippen LogP contribution in [0.1, 0.15) is 12.8 Å². The number of carbonyl (C=O) groups is 2. The minimum absolute atomic E-state index is 0.194. The second kappa shape index (κ2) is 9.24. The molecule has 0 aliphatic heterocycles. The predicted octanol–water partition coefficient (Wildman–Crippen LogP) is -1.49. The number of nitrogens with zero attached hydrogens (tertiary/aromatic N) is 2. The fraction of sp³-hybridized carbons (Fsp3) is 0.750. The average molecular weight is 311 g/mol. The first-order valence-electron chi connectivity index (χ1n) is 5.44. The van der Waals surface area contributed by atoms with Gasteiger partial charge in [-0.25, -0.2) is 0 Å². The van der Waals surface area contributed by atoms with Gasteiger partial charge in [0.1, 0.15) is 19.3 Å². The maximum atomic E-state index is 11.2. The highest BCUT2D eigenvalue weighted by atomic mass is 17.0. The maximum Gasteiger partial charge on any atom is 0.320 e. The minimum Gasteiger partial charge on any atom is -0.480 e. The molecule has 0 aromatic rings. The molecule has 3 N–H and O–H groups in total. The Labute approximate surface area is 116 Å². The lowest BCUT2D eigenvalue weighted by atomic mass is 10.2. The second-order valence-electron chi connectivity index (χ2n) is 3.64. The van der Waals surface area contributed by atoms with E-state index in [0.29, 0.717) is 0 Å². The highest BCUT2D eigenvalue weighted by Gasteiger charge is 2.19. The number of carboxylic acid groups (broad SMARTS) is 1. The normalized spacial score (nSPS) is 12.8. The van der Waals surface area contributed by atoms with Crippen LogP contribution in [0.2, 0.25) is 0 Å². The fourth-order valence-electron chi connectivity index (χ4n) is 1.03. The van der Waals surface area contributed by atoms with Gasteiger partial charge >= 0.3 is 11.9 Å². The third-order valence-corrected chi connectivity index (χ3v) is 2.01. The molecule has 0 rings (SSSR count). The van der Waals surface area contributed by atoms with Crippen molar-refractivity contribution in [3.63, 3.8) is 0 Å². The van der Waals surface area contributed by atoms with Crippen molar-refractivity contribution in [1.82, 2.24) is 0 Å². The van der Waals surface area contributed by atoms with Crippen molar-refractivity contribution < 1.29 is 39.3 Å². The Morgan fingerprint density at radius 2 is 1.81 bits per heavy atom. The van der Waals surface area contributed by atoms with Gasteiger partial charge in [0.25, 0.3) is 10.2 Å². The lowest BCUT2D eigenvalue weighted by molar-refractivity contribution is -0.790. The van der Waals surface area contributed by atoms with Gasteiger partial charge in [-0.3, -0.25) is 9.59 Å². The van der Waals surface area contributed by atoms with Crippen LogP contribution in [0.3, 0.4) is 0 Å². The Kier molecular flexibility index (Phi) is 8.05. The highest BCUT2D eigenvalue weighted by Crippen LogP contribution is 2.01. The lowest BCUT2D eigenvalue weighted by Crippen LogP contribution is -2.32. The van der Waals surface area contributed by atoms with E-state index in [1.165, 1.54) is 0 Å². The van der Waals surface area contributed by atoms with Gasteiger partial charge in [0.05, 0.1) is 0 Å². The van der Waals surface area contributed by atoms with Crippen LogP contribution in [0.25, 0.3) is 0 Å². The van der Waals surface area contributed by atoms with Crippen LogP contribution in [0.4, 0.5) is 0 Å².